The molecule has 0 atom stereocenters. The first-order valence-corrected chi connectivity index (χ1v) is 19.9. The maximum atomic E-state index is 6.45. The average molecular weight is 759 g/mol. The molecule has 280 valence electrons. The van der Waals surface area contributed by atoms with Crippen molar-refractivity contribution in [1.29, 1.82) is 0 Å². The number of hydrogen-bond donors (Lipinski definition) is 0. The molecule has 8 aromatic carbocycles. The molecule has 0 aliphatic carbocycles. The van der Waals surface area contributed by atoms with Crippen LogP contribution in [0.3, 0.4) is 0 Å². The van der Waals surface area contributed by atoms with Gasteiger partial charge in [-0.25, -0.2) is 0 Å². The zero-order valence-electron chi connectivity index (χ0n) is 32.8. The van der Waals surface area contributed by atoms with Crippen LogP contribution < -0.4 is 0 Å². The first-order valence-electron chi connectivity index (χ1n) is 19.9. The predicted molar refractivity (Wildman–Crippen MR) is 248 cm³/mol. The lowest BCUT2D eigenvalue weighted by molar-refractivity contribution is 0.656. The smallest absolute Gasteiger partial charge is 0.139 e. The minimum Gasteiger partial charge on any atom is -0.456 e. The van der Waals surface area contributed by atoms with Gasteiger partial charge in [0.15, 0.2) is 0 Å². The molecular weight excluding hydrogens is 721 g/mol. The van der Waals surface area contributed by atoms with Gasteiger partial charge in [-0.15, -0.1) is 0 Å². The molecule has 0 radical (unpaired) electrons. The molecule has 0 spiro atoms. The molecule has 3 nitrogen and oxygen atoms in total. The third kappa shape index (κ3) is 5.74. The lowest BCUT2D eigenvalue weighted by Crippen LogP contribution is -1.90. The number of fused-ring (bicyclic) bond motifs is 9. The number of aryl methyl sites for hydroxylation is 2. The summed E-state index contributed by atoms with van der Waals surface area (Å²) in [6.07, 6.45) is 5.61. The summed E-state index contributed by atoms with van der Waals surface area (Å²) in [4.78, 5) is 0. The fourth-order valence-electron chi connectivity index (χ4n) is 8.77. The molecule has 0 bridgehead atoms. The van der Waals surface area contributed by atoms with Gasteiger partial charge in [-0.05, 0) is 147 Å². The Morgan fingerprint density at radius 1 is 0.390 bits per heavy atom. The van der Waals surface area contributed by atoms with Crippen molar-refractivity contribution in [3.8, 4) is 44.5 Å². The molecule has 0 aliphatic rings. The zero-order valence-corrected chi connectivity index (χ0v) is 32.8. The lowest BCUT2D eigenvalue weighted by atomic mass is 9.90. The third-order valence-electron chi connectivity index (χ3n) is 11.9. The van der Waals surface area contributed by atoms with E-state index >= 15 is 0 Å². The van der Waals surface area contributed by atoms with Gasteiger partial charge in [0, 0.05) is 38.4 Å². The summed E-state index contributed by atoms with van der Waals surface area (Å²) in [5, 5.41) is 6.39. The van der Waals surface area contributed by atoms with E-state index in [1.165, 1.54) is 38.9 Å². The normalized spacial score (nSPS) is 12.1. The van der Waals surface area contributed by atoms with Crippen molar-refractivity contribution in [2.24, 2.45) is 0 Å². The lowest BCUT2D eigenvalue weighted by Gasteiger charge is -2.14. The van der Waals surface area contributed by atoms with E-state index in [2.05, 4.69) is 167 Å². The van der Waals surface area contributed by atoms with E-state index in [4.69, 9.17) is 13.3 Å². The molecule has 0 saturated heterocycles. The van der Waals surface area contributed by atoms with E-state index in [9.17, 15) is 0 Å². The third-order valence-corrected chi connectivity index (χ3v) is 11.9. The number of rotatable bonds is 7. The SMILES string of the molecule is C=C/C=C(\C=C)c1ccc2oc3ccc(-c4ccc5oc6cc7oc8ccc(-c9ccc(C)c(-c%10cc(-c%11ccccc%11)ccc%10C)c9)cc8c7cc6c5c4)cc3c2c1. The molecule has 3 aromatic heterocycles. The summed E-state index contributed by atoms with van der Waals surface area (Å²) >= 11 is 0. The summed E-state index contributed by atoms with van der Waals surface area (Å²) in [7, 11) is 0. The van der Waals surface area contributed by atoms with Gasteiger partial charge in [-0.2, -0.15) is 0 Å². The number of furan rings is 3. The van der Waals surface area contributed by atoms with E-state index < -0.39 is 0 Å². The van der Waals surface area contributed by atoms with Crippen LogP contribution in [-0.2, 0) is 0 Å². The van der Waals surface area contributed by atoms with Crippen LogP contribution in [0.15, 0.2) is 196 Å². The quantitative estimate of drug-likeness (QED) is 0.152. The second-order valence-corrected chi connectivity index (χ2v) is 15.5. The Balaban J connectivity index is 0.997. The van der Waals surface area contributed by atoms with E-state index in [-0.39, 0.29) is 0 Å². The molecule has 3 heteroatoms. The summed E-state index contributed by atoms with van der Waals surface area (Å²) in [5.74, 6) is 0. The van der Waals surface area contributed by atoms with Crippen molar-refractivity contribution < 1.29 is 13.3 Å². The molecule has 11 rings (SSSR count). The highest BCUT2D eigenvalue weighted by molar-refractivity contribution is 6.16. The van der Waals surface area contributed by atoms with Gasteiger partial charge in [0.2, 0.25) is 0 Å². The van der Waals surface area contributed by atoms with Crippen molar-refractivity contribution in [3.63, 3.8) is 0 Å². The van der Waals surface area contributed by atoms with Gasteiger partial charge in [0.25, 0.3) is 0 Å². The summed E-state index contributed by atoms with van der Waals surface area (Å²) in [6, 6.07) is 54.1. The van der Waals surface area contributed by atoms with Gasteiger partial charge in [-0.3, -0.25) is 0 Å². The first kappa shape index (κ1) is 34.6. The fraction of sp³-hybridized carbons (Fsp3) is 0.0357. The summed E-state index contributed by atoms with van der Waals surface area (Å²) in [5.41, 5.74) is 19.0. The van der Waals surface area contributed by atoms with Crippen LogP contribution in [0.1, 0.15) is 16.7 Å². The molecule has 0 unspecified atom stereocenters. The van der Waals surface area contributed by atoms with Crippen LogP contribution in [0.2, 0.25) is 0 Å². The standard InChI is InChI=1S/C56H38O3/c1-5-10-35(6-2)37-17-21-51-45(27-37)46-28-41(18-22-52(46)57-51)42-20-24-54-48(30-42)50-31-49-47-29-40(19-23-53(47)58-55(49)32-56(50)59-54)39-16-14-34(4)44(26-39)43-25-38(15-13-33(43)3)36-11-8-7-9-12-36/h5-32H,1-2H2,3-4H3/b35-10+. The van der Waals surface area contributed by atoms with E-state index in [0.717, 1.165) is 93.6 Å². The van der Waals surface area contributed by atoms with Crippen LogP contribution in [0.4, 0.5) is 0 Å². The molecule has 0 aliphatic heterocycles. The summed E-state index contributed by atoms with van der Waals surface area (Å²) < 4.78 is 19.2. The minimum atomic E-state index is 0.801. The fourth-order valence-corrected chi connectivity index (χ4v) is 8.77. The monoisotopic (exact) mass is 758 g/mol. The second kappa shape index (κ2) is 13.5. The van der Waals surface area contributed by atoms with Crippen molar-refractivity contribution in [2.45, 2.75) is 13.8 Å². The van der Waals surface area contributed by atoms with Crippen molar-refractivity contribution >= 4 is 71.4 Å². The van der Waals surface area contributed by atoms with Crippen molar-refractivity contribution in [2.75, 3.05) is 0 Å². The van der Waals surface area contributed by atoms with Crippen LogP contribution in [-0.4, -0.2) is 0 Å². The Hall–Kier alpha value is -7.62. The van der Waals surface area contributed by atoms with Crippen molar-refractivity contribution in [1.82, 2.24) is 0 Å². The molecule has 59 heavy (non-hydrogen) atoms. The number of allylic oxidation sites excluding steroid dienone is 4. The molecule has 0 fully saturated rings. The topological polar surface area (TPSA) is 39.4 Å². The maximum Gasteiger partial charge on any atom is 0.139 e. The first-order chi connectivity index (χ1) is 28.9. The molecule has 3 heterocycles. The van der Waals surface area contributed by atoms with Gasteiger partial charge >= 0.3 is 0 Å². The maximum absolute atomic E-state index is 6.45. The second-order valence-electron chi connectivity index (χ2n) is 15.5. The Morgan fingerprint density at radius 3 is 1.32 bits per heavy atom. The highest BCUT2D eigenvalue weighted by atomic mass is 16.3. The zero-order chi connectivity index (χ0) is 39.8. The van der Waals surface area contributed by atoms with E-state index in [1.807, 2.05) is 24.3 Å². The predicted octanol–water partition coefficient (Wildman–Crippen LogP) is 16.4. The largest absolute Gasteiger partial charge is 0.456 e. The molecule has 11 aromatic rings. The van der Waals surface area contributed by atoms with Crippen LogP contribution in [0.5, 0.6) is 0 Å². The Labute approximate surface area is 341 Å². The van der Waals surface area contributed by atoms with Gasteiger partial charge in [-0.1, -0.05) is 110 Å². The number of hydrogen-bond acceptors (Lipinski definition) is 3. The highest BCUT2D eigenvalue weighted by Crippen LogP contribution is 2.41. The van der Waals surface area contributed by atoms with Gasteiger partial charge in [0.05, 0.1) is 0 Å². The van der Waals surface area contributed by atoms with Gasteiger partial charge < -0.3 is 13.3 Å². The molecule has 0 N–H and O–H groups in total. The van der Waals surface area contributed by atoms with Crippen LogP contribution in [0, 0.1) is 13.8 Å². The van der Waals surface area contributed by atoms with Crippen molar-refractivity contribution in [3.05, 3.63) is 200 Å². The highest BCUT2D eigenvalue weighted by Gasteiger charge is 2.17. The summed E-state index contributed by atoms with van der Waals surface area (Å²) in [6.45, 7) is 12.3. The Morgan fingerprint density at radius 2 is 0.814 bits per heavy atom. The van der Waals surface area contributed by atoms with E-state index in [0.29, 0.717) is 0 Å². The number of benzene rings is 8. The Bertz CT molecular complexity index is 3550. The van der Waals surface area contributed by atoms with Crippen LogP contribution >= 0.6 is 0 Å². The molecular formula is C56H38O3. The molecule has 0 amide bonds. The molecule has 0 saturated carbocycles. The minimum absolute atomic E-state index is 0.801. The Kier molecular flexibility index (Phi) is 7.92. The van der Waals surface area contributed by atoms with E-state index in [1.54, 1.807) is 6.08 Å². The average Bonchev–Trinajstić information content (AvgIpc) is 3.94. The van der Waals surface area contributed by atoms with Gasteiger partial charge in [0.1, 0.15) is 33.5 Å². The van der Waals surface area contributed by atoms with Crippen LogP contribution in [0.25, 0.3) is 116 Å².